The molecule has 1 fully saturated rings. The Morgan fingerprint density at radius 1 is 1.60 bits per heavy atom. The van der Waals surface area contributed by atoms with E-state index in [0.29, 0.717) is 5.88 Å². The Kier molecular flexibility index (Phi) is 4.00. The SMILES string of the molecule is CN(Cc1nc(CCl)cs1)CC1CCC1. The Morgan fingerprint density at radius 2 is 2.40 bits per heavy atom. The van der Waals surface area contributed by atoms with Gasteiger partial charge in [0.25, 0.3) is 0 Å². The van der Waals surface area contributed by atoms with Crippen LogP contribution in [-0.4, -0.2) is 23.5 Å². The second-order valence-electron chi connectivity index (χ2n) is 4.36. The third-order valence-corrected chi connectivity index (χ3v) is 4.09. The van der Waals surface area contributed by atoms with E-state index < -0.39 is 0 Å². The molecule has 1 aromatic rings. The van der Waals surface area contributed by atoms with E-state index in [1.54, 1.807) is 11.3 Å². The lowest BCUT2D eigenvalue weighted by molar-refractivity contribution is 0.200. The summed E-state index contributed by atoms with van der Waals surface area (Å²) in [5, 5.41) is 3.24. The van der Waals surface area contributed by atoms with Crippen LogP contribution in [-0.2, 0) is 12.4 Å². The fourth-order valence-corrected chi connectivity index (χ4v) is 3.00. The van der Waals surface area contributed by atoms with Crippen molar-refractivity contribution in [1.82, 2.24) is 9.88 Å². The third-order valence-electron chi connectivity index (χ3n) is 2.94. The van der Waals surface area contributed by atoms with Crippen LogP contribution in [0.4, 0.5) is 0 Å². The molecule has 0 unspecified atom stereocenters. The zero-order valence-corrected chi connectivity index (χ0v) is 10.7. The molecule has 84 valence electrons. The van der Waals surface area contributed by atoms with Gasteiger partial charge < -0.3 is 0 Å². The molecule has 0 N–H and O–H groups in total. The Hall–Kier alpha value is -0.120. The highest BCUT2D eigenvalue weighted by molar-refractivity contribution is 7.09. The molecule has 1 heterocycles. The highest BCUT2D eigenvalue weighted by atomic mass is 35.5. The highest BCUT2D eigenvalue weighted by Gasteiger charge is 2.19. The summed E-state index contributed by atoms with van der Waals surface area (Å²) >= 11 is 7.44. The summed E-state index contributed by atoms with van der Waals surface area (Å²) < 4.78 is 0. The molecule has 0 spiro atoms. The minimum atomic E-state index is 0.531. The van der Waals surface area contributed by atoms with Crippen molar-refractivity contribution in [3.63, 3.8) is 0 Å². The number of hydrogen-bond donors (Lipinski definition) is 0. The molecule has 0 saturated heterocycles. The molecular formula is C11H17ClN2S. The molecule has 1 aliphatic carbocycles. The van der Waals surface area contributed by atoms with Gasteiger partial charge in [-0.1, -0.05) is 6.42 Å². The van der Waals surface area contributed by atoms with Gasteiger partial charge in [-0.25, -0.2) is 4.98 Å². The van der Waals surface area contributed by atoms with Crippen LogP contribution in [0.25, 0.3) is 0 Å². The number of halogens is 1. The van der Waals surface area contributed by atoms with Gasteiger partial charge in [0, 0.05) is 11.9 Å². The van der Waals surface area contributed by atoms with Crippen molar-refractivity contribution >= 4 is 22.9 Å². The van der Waals surface area contributed by atoms with Gasteiger partial charge >= 0.3 is 0 Å². The Labute approximate surface area is 100 Å². The number of rotatable bonds is 5. The standard InChI is InChI=1S/C11H17ClN2S/c1-14(6-9-3-2-4-9)7-11-13-10(5-12)8-15-11/h8-9H,2-7H2,1H3. The fraction of sp³-hybridized carbons (Fsp3) is 0.727. The molecule has 2 nitrogen and oxygen atoms in total. The summed E-state index contributed by atoms with van der Waals surface area (Å²) in [7, 11) is 2.18. The lowest BCUT2D eigenvalue weighted by Gasteiger charge is -2.29. The van der Waals surface area contributed by atoms with Crippen molar-refractivity contribution in [2.75, 3.05) is 13.6 Å². The van der Waals surface area contributed by atoms with Crippen LogP contribution in [0.3, 0.4) is 0 Å². The van der Waals surface area contributed by atoms with Crippen molar-refractivity contribution in [2.24, 2.45) is 5.92 Å². The normalized spacial score (nSPS) is 17.0. The predicted molar refractivity (Wildman–Crippen MR) is 65.3 cm³/mol. The molecule has 15 heavy (non-hydrogen) atoms. The van der Waals surface area contributed by atoms with E-state index in [4.69, 9.17) is 11.6 Å². The average molecular weight is 245 g/mol. The third kappa shape index (κ3) is 3.16. The Balaban J connectivity index is 1.79. The van der Waals surface area contributed by atoms with Crippen molar-refractivity contribution in [3.05, 3.63) is 16.1 Å². The lowest BCUT2D eigenvalue weighted by Crippen LogP contribution is -2.29. The van der Waals surface area contributed by atoms with Crippen molar-refractivity contribution in [2.45, 2.75) is 31.7 Å². The smallest absolute Gasteiger partial charge is 0.107 e. The van der Waals surface area contributed by atoms with E-state index in [1.165, 1.54) is 30.8 Å². The largest absolute Gasteiger partial charge is 0.299 e. The summed E-state index contributed by atoms with van der Waals surface area (Å²) in [5.74, 6) is 1.46. The average Bonchev–Trinajstić information content (AvgIpc) is 2.59. The van der Waals surface area contributed by atoms with Gasteiger partial charge in [0.05, 0.1) is 18.1 Å². The molecular weight excluding hydrogens is 228 g/mol. The first-order chi connectivity index (χ1) is 7.28. The first-order valence-electron chi connectivity index (χ1n) is 5.45. The molecule has 4 heteroatoms. The number of alkyl halides is 1. The van der Waals surface area contributed by atoms with Gasteiger partial charge in [-0.2, -0.15) is 0 Å². The first kappa shape index (κ1) is 11.4. The summed E-state index contributed by atoms with van der Waals surface area (Å²) in [6, 6.07) is 0. The topological polar surface area (TPSA) is 16.1 Å². The summed E-state index contributed by atoms with van der Waals surface area (Å²) in [6.07, 6.45) is 4.25. The Morgan fingerprint density at radius 3 is 2.93 bits per heavy atom. The highest BCUT2D eigenvalue weighted by Crippen LogP contribution is 2.27. The first-order valence-corrected chi connectivity index (χ1v) is 6.87. The van der Waals surface area contributed by atoms with Crippen LogP contribution in [0.15, 0.2) is 5.38 Å². The van der Waals surface area contributed by atoms with Gasteiger partial charge in [0.15, 0.2) is 0 Å². The van der Waals surface area contributed by atoms with Gasteiger partial charge in [-0.15, -0.1) is 22.9 Å². The van der Waals surface area contributed by atoms with Crippen LogP contribution in [0, 0.1) is 5.92 Å². The summed E-state index contributed by atoms with van der Waals surface area (Å²) in [4.78, 5) is 6.84. The van der Waals surface area contributed by atoms with E-state index in [1.807, 2.05) is 0 Å². The van der Waals surface area contributed by atoms with Crippen LogP contribution >= 0.6 is 22.9 Å². The van der Waals surface area contributed by atoms with Gasteiger partial charge in [-0.05, 0) is 25.8 Å². The number of nitrogens with zero attached hydrogens (tertiary/aromatic N) is 2. The lowest BCUT2D eigenvalue weighted by atomic mass is 9.85. The second kappa shape index (κ2) is 5.28. The quantitative estimate of drug-likeness (QED) is 0.740. The van der Waals surface area contributed by atoms with Crippen molar-refractivity contribution in [3.8, 4) is 0 Å². The summed E-state index contributed by atoms with van der Waals surface area (Å²) in [5.41, 5.74) is 1.01. The van der Waals surface area contributed by atoms with E-state index in [9.17, 15) is 0 Å². The zero-order valence-electron chi connectivity index (χ0n) is 9.08. The molecule has 0 radical (unpaired) electrons. The van der Waals surface area contributed by atoms with E-state index >= 15 is 0 Å². The maximum Gasteiger partial charge on any atom is 0.107 e. The predicted octanol–water partition coefficient (Wildman–Crippen LogP) is 3.11. The zero-order chi connectivity index (χ0) is 10.7. The number of thiazole rings is 1. The van der Waals surface area contributed by atoms with Crippen molar-refractivity contribution < 1.29 is 0 Å². The molecule has 1 aromatic heterocycles. The van der Waals surface area contributed by atoms with Gasteiger partial charge in [0.2, 0.25) is 0 Å². The molecule has 0 aliphatic heterocycles. The monoisotopic (exact) mass is 244 g/mol. The number of hydrogen-bond acceptors (Lipinski definition) is 3. The van der Waals surface area contributed by atoms with Crippen LogP contribution in [0.5, 0.6) is 0 Å². The maximum absolute atomic E-state index is 5.72. The molecule has 1 aliphatic rings. The fourth-order valence-electron chi connectivity index (χ4n) is 1.89. The molecule has 0 atom stereocenters. The number of aromatic nitrogens is 1. The minimum Gasteiger partial charge on any atom is -0.299 e. The molecule has 0 aromatic carbocycles. The molecule has 2 rings (SSSR count). The van der Waals surface area contributed by atoms with E-state index in [-0.39, 0.29) is 0 Å². The minimum absolute atomic E-state index is 0.531. The van der Waals surface area contributed by atoms with Gasteiger partial charge in [0.1, 0.15) is 5.01 Å². The van der Waals surface area contributed by atoms with Crippen molar-refractivity contribution in [1.29, 1.82) is 0 Å². The second-order valence-corrected chi connectivity index (χ2v) is 5.57. The molecule has 0 bridgehead atoms. The summed E-state index contributed by atoms with van der Waals surface area (Å²) in [6.45, 7) is 2.19. The Bertz CT molecular complexity index is 309. The van der Waals surface area contributed by atoms with Crippen LogP contribution in [0.1, 0.15) is 30.0 Å². The van der Waals surface area contributed by atoms with Gasteiger partial charge in [-0.3, -0.25) is 4.90 Å². The molecule has 1 saturated carbocycles. The molecule has 0 amide bonds. The van der Waals surface area contributed by atoms with Crippen LogP contribution < -0.4 is 0 Å². The van der Waals surface area contributed by atoms with E-state index in [0.717, 1.165) is 18.2 Å². The maximum atomic E-state index is 5.72. The van der Waals surface area contributed by atoms with Crippen LogP contribution in [0.2, 0.25) is 0 Å². The van der Waals surface area contributed by atoms with E-state index in [2.05, 4.69) is 22.3 Å².